The van der Waals surface area contributed by atoms with E-state index in [2.05, 4.69) is 20.8 Å². The SMILES string of the molecule is O=C(CSc1nnc(NC(=O)[C@@H]2CC(=O)N(c3ccccc3)C2)s1)NC[C@@H]1CCCO1. The first-order chi connectivity index (χ1) is 15.1. The maximum Gasteiger partial charge on any atom is 0.231 e. The number of nitrogens with one attached hydrogen (secondary N) is 2. The number of thioether (sulfide) groups is 1. The average molecular weight is 462 g/mol. The molecule has 2 aliphatic rings. The van der Waals surface area contributed by atoms with E-state index in [1.54, 1.807) is 4.90 Å². The van der Waals surface area contributed by atoms with Crippen molar-refractivity contribution >= 4 is 51.6 Å². The molecular weight excluding hydrogens is 438 g/mol. The summed E-state index contributed by atoms with van der Waals surface area (Å²) >= 11 is 2.48. The Morgan fingerprint density at radius 3 is 2.87 bits per heavy atom. The maximum atomic E-state index is 12.6. The highest BCUT2D eigenvalue weighted by Crippen LogP contribution is 2.28. The molecule has 3 heterocycles. The minimum atomic E-state index is -0.448. The average Bonchev–Trinajstić information content (AvgIpc) is 3.53. The molecule has 0 spiro atoms. The molecule has 3 amide bonds. The lowest BCUT2D eigenvalue weighted by Crippen LogP contribution is -2.32. The fourth-order valence-corrected chi connectivity index (χ4v) is 5.06. The summed E-state index contributed by atoms with van der Waals surface area (Å²) in [4.78, 5) is 38.5. The summed E-state index contributed by atoms with van der Waals surface area (Å²) in [6.45, 7) is 1.62. The van der Waals surface area contributed by atoms with Gasteiger partial charge in [-0.05, 0) is 25.0 Å². The van der Waals surface area contributed by atoms with E-state index in [1.165, 1.54) is 23.1 Å². The second-order valence-corrected chi connectivity index (χ2v) is 9.53. The van der Waals surface area contributed by atoms with E-state index >= 15 is 0 Å². The molecule has 164 valence electrons. The second-order valence-electron chi connectivity index (χ2n) is 7.33. The lowest BCUT2D eigenvalue weighted by atomic mass is 10.1. The number of rotatable bonds is 8. The Morgan fingerprint density at radius 1 is 1.26 bits per heavy atom. The molecule has 0 radical (unpaired) electrons. The number of hydrogen-bond donors (Lipinski definition) is 2. The predicted octanol–water partition coefficient (Wildman–Crippen LogP) is 1.92. The molecule has 1 aromatic heterocycles. The molecule has 2 atom stereocenters. The minimum absolute atomic E-state index is 0.0751. The van der Waals surface area contributed by atoms with Gasteiger partial charge in [-0.1, -0.05) is 41.3 Å². The molecule has 2 N–H and O–H groups in total. The zero-order chi connectivity index (χ0) is 21.6. The summed E-state index contributed by atoms with van der Waals surface area (Å²) in [6.07, 6.45) is 2.28. The Balaban J connectivity index is 1.22. The fourth-order valence-electron chi connectivity index (χ4n) is 3.48. The van der Waals surface area contributed by atoms with Gasteiger partial charge >= 0.3 is 0 Å². The van der Waals surface area contributed by atoms with Crippen LogP contribution in [0.15, 0.2) is 34.7 Å². The van der Waals surface area contributed by atoms with Crippen molar-refractivity contribution in [3.8, 4) is 0 Å². The van der Waals surface area contributed by atoms with Crippen LogP contribution < -0.4 is 15.5 Å². The number of aromatic nitrogens is 2. The third-order valence-corrected chi connectivity index (χ3v) is 7.05. The van der Waals surface area contributed by atoms with Gasteiger partial charge in [0.2, 0.25) is 22.9 Å². The fraction of sp³-hybridized carbons (Fsp3) is 0.450. The Labute approximate surface area is 187 Å². The molecule has 1 aromatic carbocycles. The molecule has 0 bridgehead atoms. The number of nitrogens with zero attached hydrogens (tertiary/aromatic N) is 3. The van der Waals surface area contributed by atoms with Crippen LogP contribution in [0.4, 0.5) is 10.8 Å². The molecule has 0 saturated carbocycles. The zero-order valence-electron chi connectivity index (χ0n) is 16.8. The van der Waals surface area contributed by atoms with E-state index in [-0.39, 0.29) is 36.0 Å². The van der Waals surface area contributed by atoms with E-state index in [0.29, 0.717) is 22.6 Å². The van der Waals surface area contributed by atoms with Gasteiger partial charge in [0, 0.05) is 31.8 Å². The maximum absolute atomic E-state index is 12.6. The summed E-state index contributed by atoms with van der Waals surface area (Å²) < 4.78 is 6.07. The molecule has 2 fully saturated rings. The molecule has 2 aliphatic heterocycles. The number of carbonyl (C=O) groups excluding carboxylic acids is 3. The third-order valence-electron chi connectivity index (χ3n) is 5.08. The first-order valence-corrected chi connectivity index (χ1v) is 11.9. The molecular formula is C20H23N5O4S2. The van der Waals surface area contributed by atoms with Crippen LogP contribution in [-0.2, 0) is 19.1 Å². The summed E-state index contributed by atoms with van der Waals surface area (Å²) in [6, 6.07) is 9.30. The highest BCUT2D eigenvalue weighted by atomic mass is 32.2. The van der Waals surface area contributed by atoms with Crippen LogP contribution in [0.3, 0.4) is 0 Å². The smallest absolute Gasteiger partial charge is 0.231 e. The van der Waals surface area contributed by atoms with Gasteiger partial charge in [-0.15, -0.1) is 10.2 Å². The van der Waals surface area contributed by atoms with Crippen LogP contribution >= 0.6 is 23.1 Å². The number of amides is 3. The summed E-state index contributed by atoms with van der Waals surface area (Å²) in [7, 11) is 0. The number of ether oxygens (including phenoxy) is 1. The van der Waals surface area contributed by atoms with Crippen molar-refractivity contribution in [3.05, 3.63) is 30.3 Å². The van der Waals surface area contributed by atoms with Crippen molar-refractivity contribution < 1.29 is 19.1 Å². The van der Waals surface area contributed by atoms with Gasteiger partial charge in [0.05, 0.1) is 17.8 Å². The molecule has 11 heteroatoms. The van der Waals surface area contributed by atoms with Crippen LogP contribution in [0.5, 0.6) is 0 Å². The molecule has 2 saturated heterocycles. The Bertz CT molecular complexity index is 933. The van der Waals surface area contributed by atoms with Crippen LogP contribution in [-0.4, -0.2) is 59.5 Å². The Kier molecular flexibility index (Phi) is 7.15. The van der Waals surface area contributed by atoms with E-state index in [9.17, 15) is 14.4 Å². The zero-order valence-corrected chi connectivity index (χ0v) is 18.4. The normalized spacial score (nSPS) is 20.8. The minimum Gasteiger partial charge on any atom is -0.376 e. The quantitative estimate of drug-likeness (QED) is 0.456. The van der Waals surface area contributed by atoms with Crippen molar-refractivity contribution in [3.63, 3.8) is 0 Å². The number of para-hydroxylation sites is 1. The van der Waals surface area contributed by atoms with Crippen molar-refractivity contribution in [2.45, 2.75) is 29.7 Å². The summed E-state index contributed by atoms with van der Waals surface area (Å²) in [5.74, 6) is -0.649. The first-order valence-electron chi connectivity index (χ1n) is 10.1. The van der Waals surface area contributed by atoms with E-state index < -0.39 is 5.92 Å². The van der Waals surface area contributed by atoms with Gasteiger partial charge in [0.25, 0.3) is 0 Å². The van der Waals surface area contributed by atoms with Crippen molar-refractivity contribution in [2.24, 2.45) is 5.92 Å². The highest BCUT2D eigenvalue weighted by Gasteiger charge is 2.35. The molecule has 0 aliphatic carbocycles. The number of anilines is 2. The van der Waals surface area contributed by atoms with Crippen LogP contribution in [0, 0.1) is 5.92 Å². The molecule has 2 aromatic rings. The monoisotopic (exact) mass is 461 g/mol. The van der Waals surface area contributed by atoms with Gasteiger partial charge in [-0.3, -0.25) is 14.4 Å². The molecule has 31 heavy (non-hydrogen) atoms. The van der Waals surface area contributed by atoms with Gasteiger partial charge < -0.3 is 20.3 Å². The van der Waals surface area contributed by atoms with Crippen molar-refractivity contribution in [2.75, 3.05) is 35.7 Å². The number of carbonyl (C=O) groups is 3. The molecule has 9 nitrogen and oxygen atoms in total. The van der Waals surface area contributed by atoms with Crippen molar-refractivity contribution in [1.82, 2.24) is 15.5 Å². The van der Waals surface area contributed by atoms with Gasteiger partial charge in [-0.2, -0.15) is 0 Å². The summed E-state index contributed by atoms with van der Waals surface area (Å²) in [5, 5.41) is 14.0. The van der Waals surface area contributed by atoms with Gasteiger partial charge in [-0.25, -0.2) is 0 Å². The second kappa shape index (κ2) is 10.2. The van der Waals surface area contributed by atoms with E-state index in [1.807, 2.05) is 30.3 Å². The highest BCUT2D eigenvalue weighted by molar-refractivity contribution is 8.01. The number of benzene rings is 1. The molecule has 0 unspecified atom stereocenters. The summed E-state index contributed by atoms with van der Waals surface area (Å²) in [5.41, 5.74) is 0.787. The predicted molar refractivity (Wildman–Crippen MR) is 118 cm³/mol. The number of hydrogen-bond acceptors (Lipinski definition) is 8. The van der Waals surface area contributed by atoms with Crippen LogP contribution in [0.1, 0.15) is 19.3 Å². The molecule has 4 rings (SSSR count). The Morgan fingerprint density at radius 2 is 2.10 bits per heavy atom. The standard InChI is InChI=1S/C20H23N5O4S2/c26-16(21-10-15-7-4-8-29-15)12-30-20-24-23-19(31-20)22-18(28)13-9-17(27)25(11-13)14-5-2-1-3-6-14/h1-3,5-6,13,15H,4,7-12H2,(H,21,26)(H,22,23,28)/t13-,15+/m1/s1. The van der Waals surface area contributed by atoms with E-state index in [4.69, 9.17) is 4.74 Å². The van der Waals surface area contributed by atoms with Gasteiger partial charge in [0.15, 0.2) is 4.34 Å². The Hall–Kier alpha value is -2.50. The lowest BCUT2D eigenvalue weighted by molar-refractivity contribution is -0.122. The van der Waals surface area contributed by atoms with Gasteiger partial charge in [0.1, 0.15) is 0 Å². The largest absolute Gasteiger partial charge is 0.376 e. The third kappa shape index (κ3) is 5.81. The van der Waals surface area contributed by atoms with Crippen LogP contribution in [0.2, 0.25) is 0 Å². The first kappa shape index (κ1) is 21.7. The van der Waals surface area contributed by atoms with E-state index in [0.717, 1.165) is 25.1 Å². The topological polar surface area (TPSA) is 114 Å². The lowest BCUT2D eigenvalue weighted by Gasteiger charge is -2.16. The van der Waals surface area contributed by atoms with Crippen molar-refractivity contribution in [1.29, 1.82) is 0 Å². The van der Waals surface area contributed by atoms with Crippen LogP contribution in [0.25, 0.3) is 0 Å².